The minimum atomic E-state index is -0.750. The topological polar surface area (TPSA) is 184 Å². The van der Waals surface area contributed by atoms with Crippen LogP contribution in [0.25, 0.3) is 22.4 Å². The smallest absolute Gasteiger partial charge is 0.407 e. The van der Waals surface area contributed by atoms with Crippen LogP contribution in [0.1, 0.15) is 82.0 Å². The molecule has 2 aliphatic rings. The lowest BCUT2D eigenvalue weighted by molar-refractivity contribution is -0.135. The molecule has 2 heterocycles. The van der Waals surface area contributed by atoms with Gasteiger partial charge in [-0.1, -0.05) is 64.1 Å². The molecule has 5 atom stereocenters. The number of benzene rings is 2. The van der Waals surface area contributed by atoms with Gasteiger partial charge in [0.25, 0.3) is 5.91 Å². The number of hydrogen-bond donors (Lipinski definition) is 5. The molecular weight excluding hydrogens is 678 g/mol. The number of alkyl carbamates (subject to hydrolysis) is 2. The van der Waals surface area contributed by atoms with Crippen molar-refractivity contribution in [2.24, 2.45) is 11.8 Å². The normalized spacial score (nSPS) is 19.4. The fourth-order valence-electron chi connectivity index (χ4n) is 7.05. The first-order valence-corrected chi connectivity index (χ1v) is 18.3. The summed E-state index contributed by atoms with van der Waals surface area (Å²) in [5.41, 5.74) is 4.10. The van der Waals surface area contributed by atoms with E-state index < -0.39 is 24.3 Å². The number of ether oxygens (including phenoxy) is 2. The molecule has 0 radical (unpaired) electrons. The second kappa shape index (κ2) is 17.4. The minimum Gasteiger partial charge on any atom is -0.453 e. The molecule has 14 heteroatoms. The Morgan fingerprint density at radius 1 is 0.736 bits per heavy atom. The van der Waals surface area contributed by atoms with E-state index in [9.17, 15) is 24.0 Å². The van der Waals surface area contributed by atoms with Gasteiger partial charge in [0.05, 0.1) is 26.0 Å². The zero-order chi connectivity index (χ0) is 38.2. The zero-order valence-corrected chi connectivity index (χ0v) is 31.2. The zero-order valence-electron chi connectivity index (χ0n) is 31.2. The quantitative estimate of drug-likeness (QED) is 0.174. The van der Waals surface area contributed by atoms with Crippen LogP contribution in [0.2, 0.25) is 0 Å². The van der Waals surface area contributed by atoms with Gasteiger partial charge in [-0.15, -0.1) is 0 Å². The van der Waals surface area contributed by atoms with E-state index in [1.165, 1.54) is 14.2 Å². The Bertz CT molecular complexity index is 1760. The average molecular weight is 730 g/mol. The molecule has 1 aliphatic heterocycles. The molecule has 0 spiro atoms. The molecule has 14 nitrogen and oxygen atoms in total. The molecule has 1 aliphatic carbocycles. The molecule has 1 saturated heterocycles. The van der Waals surface area contributed by atoms with Crippen molar-refractivity contribution in [3.8, 4) is 22.4 Å². The molecule has 5 amide bonds. The van der Waals surface area contributed by atoms with Crippen LogP contribution in [0, 0.1) is 11.8 Å². The molecule has 1 aromatic heterocycles. The Labute approximate surface area is 310 Å². The Morgan fingerprint density at radius 2 is 1.28 bits per heavy atom. The van der Waals surface area contributed by atoms with E-state index in [1.54, 1.807) is 17.0 Å². The van der Waals surface area contributed by atoms with Crippen molar-refractivity contribution in [1.82, 2.24) is 36.1 Å². The minimum absolute atomic E-state index is 0.115. The van der Waals surface area contributed by atoms with Crippen molar-refractivity contribution >= 4 is 29.9 Å². The van der Waals surface area contributed by atoms with E-state index in [0.717, 1.165) is 54.5 Å². The number of imidazole rings is 1. The Kier molecular flexibility index (Phi) is 12.8. The summed E-state index contributed by atoms with van der Waals surface area (Å²) >= 11 is 0. The van der Waals surface area contributed by atoms with Crippen molar-refractivity contribution < 1.29 is 33.4 Å². The van der Waals surface area contributed by atoms with E-state index in [1.807, 2.05) is 70.3 Å². The van der Waals surface area contributed by atoms with Crippen LogP contribution in [0.5, 0.6) is 0 Å². The van der Waals surface area contributed by atoms with E-state index in [-0.39, 0.29) is 47.7 Å². The van der Waals surface area contributed by atoms with Gasteiger partial charge in [0.1, 0.15) is 17.9 Å². The highest BCUT2D eigenvalue weighted by molar-refractivity contribution is 5.95. The van der Waals surface area contributed by atoms with Crippen LogP contribution in [-0.4, -0.2) is 89.7 Å². The van der Waals surface area contributed by atoms with Gasteiger partial charge in [-0.2, -0.15) is 0 Å². The summed E-state index contributed by atoms with van der Waals surface area (Å²) in [5.74, 6) is -0.246. The third kappa shape index (κ3) is 9.34. The molecule has 5 rings (SSSR count). The summed E-state index contributed by atoms with van der Waals surface area (Å²) in [4.78, 5) is 73.3. The second-order valence-electron chi connectivity index (χ2n) is 14.4. The highest BCUT2D eigenvalue weighted by atomic mass is 16.5. The van der Waals surface area contributed by atoms with Crippen LogP contribution in [0.15, 0.2) is 54.7 Å². The number of carbonyl (C=O) groups excluding carboxylic acids is 5. The summed E-state index contributed by atoms with van der Waals surface area (Å²) < 4.78 is 9.41. The maximum absolute atomic E-state index is 13.5. The molecular formula is C39H51N7O7. The SMILES string of the molecule is COC(=O)N[C@H](C(=O)N[C@@H]1CCC[C@H]1NC(=O)c1ccc(-c2ccc(-c3c[nH]c(C4CCCN4C(=O)[C@@H](NC(=O)OC)C(C)C)n3)cc2)cc1)C(C)C. The van der Waals surface area contributed by atoms with Crippen LogP contribution >= 0.6 is 0 Å². The summed E-state index contributed by atoms with van der Waals surface area (Å²) in [6.45, 7) is 8.04. The molecule has 1 unspecified atom stereocenters. The molecule has 0 bridgehead atoms. The first kappa shape index (κ1) is 38.8. The molecule has 284 valence electrons. The van der Waals surface area contributed by atoms with Gasteiger partial charge >= 0.3 is 12.2 Å². The number of nitrogens with one attached hydrogen (secondary N) is 5. The third-order valence-corrected chi connectivity index (χ3v) is 10.1. The lowest BCUT2D eigenvalue weighted by Crippen LogP contribution is -2.55. The summed E-state index contributed by atoms with van der Waals surface area (Å²) in [7, 11) is 2.53. The Hall–Kier alpha value is -5.40. The standard InChI is InChI=1S/C39H51N7O7/c1-22(2)32(44-38(50)52-5)36(48)43-29-10-7-9-28(29)42-35(47)27-18-14-25(15-19-27)24-12-16-26(17-13-24)30-21-40-34(41-30)31-11-8-20-46(31)37(49)33(23(3)4)45-39(51)53-6/h12-19,21-23,28-29,31-33H,7-11,20H2,1-6H3,(H,40,41)(H,42,47)(H,43,48)(H,44,50)(H,45,51)/t28-,29-,31?,32+,33+/m1/s1. The van der Waals surface area contributed by atoms with Crippen molar-refractivity contribution in [3.05, 3.63) is 66.1 Å². The van der Waals surface area contributed by atoms with Crippen LogP contribution in [0.3, 0.4) is 0 Å². The van der Waals surface area contributed by atoms with E-state index >= 15 is 0 Å². The first-order chi connectivity index (χ1) is 25.4. The number of aromatic amines is 1. The van der Waals surface area contributed by atoms with Crippen molar-refractivity contribution in [2.75, 3.05) is 20.8 Å². The highest BCUT2D eigenvalue weighted by Gasteiger charge is 2.38. The lowest BCUT2D eigenvalue weighted by Gasteiger charge is -2.29. The molecule has 3 aromatic rings. The lowest BCUT2D eigenvalue weighted by atomic mass is 10.0. The third-order valence-electron chi connectivity index (χ3n) is 10.1. The molecule has 1 saturated carbocycles. The molecule has 53 heavy (non-hydrogen) atoms. The van der Waals surface area contributed by atoms with Gasteiger partial charge < -0.3 is 40.6 Å². The number of rotatable bonds is 12. The second-order valence-corrected chi connectivity index (χ2v) is 14.4. The molecule has 2 aromatic carbocycles. The highest BCUT2D eigenvalue weighted by Crippen LogP contribution is 2.33. The average Bonchev–Trinajstić information content (AvgIpc) is 3.94. The van der Waals surface area contributed by atoms with Crippen LogP contribution in [0.4, 0.5) is 9.59 Å². The van der Waals surface area contributed by atoms with E-state index in [0.29, 0.717) is 17.9 Å². The predicted molar refractivity (Wildman–Crippen MR) is 199 cm³/mol. The van der Waals surface area contributed by atoms with Gasteiger partial charge in [-0.3, -0.25) is 14.4 Å². The summed E-state index contributed by atoms with van der Waals surface area (Å²) in [5, 5.41) is 11.4. The van der Waals surface area contributed by atoms with Crippen LogP contribution in [-0.2, 0) is 19.1 Å². The maximum atomic E-state index is 13.5. The van der Waals surface area contributed by atoms with Gasteiger partial charge in [0, 0.05) is 36.0 Å². The number of methoxy groups -OCH3 is 2. The number of amides is 5. The number of hydrogen-bond acceptors (Lipinski definition) is 8. The summed E-state index contributed by atoms with van der Waals surface area (Å²) in [6, 6.07) is 13.2. The number of aromatic nitrogens is 2. The molecule has 5 N–H and O–H groups in total. The maximum Gasteiger partial charge on any atom is 0.407 e. The fraction of sp³-hybridized carbons (Fsp3) is 0.487. The van der Waals surface area contributed by atoms with Crippen molar-refractivity contribution in [1.29, 1.82) is 0 Å². The van der Waals surface area contributed by atoms with E-state index in [2.05, 4.69) is 31.0 Å². The van der Waals surface area contributed by atoms with Crippen molar-refractivity contribution in [2.45, 2.75) is 90.0 Å². The number of H-pyrrole nitrogens is 1. The monoisotopic (exact) mass is 729 g/mol. The van der Waals surface area contributed by atoms with Crippen LogP contribution < -0.4 is 21.3 Å². The van der Waals surface area contributed by atoms with Gasteiger partial charge in [-0.05, 0) is 67.2 Å². The van der Waals surface area contributed by atoms with E-state index in [4.69, 9.17) is 9.72 Å². The Morgan fingerprint density at radius 3 is 1.87 bits per heavy atom. The number of nitrogens with zero attached hydrogens (tertiary/aromatic N) is 2. The predicted octanol–water partition coefficient (Wildman–Crippen LogP) is 4.94. The van der Waals surface area contributed by atoms with Gasteiger partial charge in [0.2, 0.25) is 11.8 Å². The van der Waals surface area contributed by atoms with Crippen molar-refractivity contribution in [3.63, 3.8) is 0 Å². The van der Waals surface area contributed by atoms with Gasteiger partial charge in [0.15, 0.2) is 0 Å². The molecule has 2 fully saturated rings. The number of likely N-dealkylation sites (tertiary alicyclic amines) is 1. The number of carbonyl (C=O) groups is 5. The fourth-order valence-corrected chi connectivity index (χ4v) is 7.05. The largest absolute Gasteiger partial charge is 0.453 e. The van der Waals surface area contributed by atoms with Gasteiger partial charge in [-0.25, -0.2) is 14.6 Å². The first-order valence-electron chi connectivity index (χ1n) is 18.3. The summed E-state index contributed by atoms with van der Waals surface area (Å²) in [6.07, 6.45) is 4.45. The Balaban J connectivity index is 1.19.